The maximum absolute atomic E-state index is 12.8. The fourth-order valence-corrected chi connectivity index (χ4v) is 4.47. The molecule has 9 heteroatoms. The van der Waals surface area contributed by atoms with Crippen LogP contribution in [0.5, 0.6) is 0 Å². The summed E-state index contributed by atoms with van der Waals surface area (Å²) in [5.74, 6) is 0.233. The maximum Gasteiger partial charge on any atom is 0.231 e. The molecular formula is C17H24ClN3O3S2. The summed E-state index contributed by atoms with van der Waals surface area (Å²) in [5, 5.41) is 0.652. The first kappa shape index (κ1) is 21.1. The lowest BCUT2D eigenvalue weighted by Crippen LogP contribution is -2.42. The fourth-order valence-electron chi connectivity index (χ4n) is 2.71. The van der Waals surface area contributed by atoms with Gasteiger partial charge in [0.25, 0.3) is 0 Å². The Bertz CT molecular complexity index is 892. The molecule has 1 fully saturated rings. The quantitative estimate of drug-likeness (QED) is 0.722. The van der Waals surface area contributed by atoms with Crippen LogP contribution in [-0.2, 0) is 14.6 Å². The Morgan fingerprint density at radius 1 is 1.27 bits per heavy atom. The van der Waals surface area contributed by atoms with Gasteiger partial charge < -0.3 is 4.90 Å². The van der Waals surface area contributed by atoms with Crippen molar-refractivity contribution in [3.63, 3.8) is 0 Å². The molecular weight excluding hydrogens is 394 g/mol. The smallest absolute Gasteiger partial charge is 0.231 e. The number of sulfone groups is 1. The molecule has 1 aliphatic carbocycles. The number of thiazole rings is 1. The van der Waals surface area contributed by atoms with Crippen LogP contribution in [0, 0.1) is 5.92 Å². The third kappa shape index (κ3) is 4.54. The van der Waals surface area contributed by atoms with E-state index in [9.17, 15) is 13.2 Å². The lowest BCUT2D eigenvalue weighted by atomic mass is 9.84. The molecule has 0 atom stereocenters. The highest BCUT2D eigenvalue weighted by Gasteiger charge is 2.31. The van der Waals surface area contributed by atoms with Crippen molar-refractivity contribution < 1.29 is 13.2 Å². The van der Waals surface area contributed by atoms with Crippen LogP contribution in [0.25, 0.3) is 10.2 Å². The molecule has 2 aromatic rings. The van der Waals surface area contributed by atoms with Gasteiger partial charge >= 0.3 is 0 Å². The van der Waals surface area contributed by atoms with Gasteiger partial charge in [0, 0.05) is 25.3 Å². The van der Waals surface area contributed by atoms with Crippen molar-refractivity contribution in [2.75, 3.05) is 38.3 Å². The zero-order valence-electron chi connectivity index (χ0n) is 15.1. The van der Waals surface area contributed by atoms with E-state index in [4.69, 9.17) is 0 Å². The van der Waals surface area contributed by atoms with Gasteiger partial charge in [-0.15, -0.1) is 12.4 Å². The molecule has 0 unspecified atom stereocenters. The minimum Gasteiger partial charge on any atom is -0.308 e. The summed E-state index contributed by atoms with van der Waals surface area (Å²) in [6.45, 7) is 1.34. The number of carbonyl (C=O) groups excluding carboxylic acids is 1. The Kier molecular flexibility index (Phi) is 6.65. The SMILES string of the molecule is CN(C)CCN(C(=O)C1CCC1)c1nc2ccc(S(C)(=O)=O)cc2s1.Cl. The summed E-state index contributed by atoms with van der Waals surface area (Å²) in [4.78, 5) is 21.5. The van der Waals surface area contributed by atoms with Crippen molar-refractivity contribution >= 4 is 54.8 Å². The Balaban J connectivity index is 0.00000243. The summed E-state index contributed by atoms with van der Waals surface area (Å²) < 4.78 is 24.3. The first-order valence-corrected chi connectivity index (χ1v) is 11.0. The van der Waals surface area contributed by atoms with Crippen LogP contribution >= 0.6 is 23.7 Å². The van der Waals surface area contributed by atoms with Crippen molar-refractivity contribution in [2.45, 2.75) is 24.2 Å². The van der Waals surface area contributed by atoms with Gasteiger partial charge in [-0.3, -0.25) is 9.69 Å². The molecule has 1 aromatic heterocycles. The van der Waals surface area contributed by atoms with E-state index >= 15 is 0 Å². The molecule has 1 aromatic carbocycles. The Labute approximate surface area is 164 Å². The van der Waals surface area contributed by atoms with Crippen LogP contribution in [-0.4, -0.2) is 57.6 Å². The maximum atomic E-state index is 12.8. The predicted molar refractivity (Wildman–Crippen MR) is 108 cm³/mol. The Morgan fingerprint density at radius 3 is 2.50 bits per heavy atom. The van der Waals surface area contributed by atoms with Crippen LogP contribution in [0.3, 0.4) is 0 Å². The topological polar surface area (TPSA) is 70.6 Å². The number of carbonyl (C=O) groups is 1. The molecule has 1 aliphatic rings. The van der Waals surface area contributed by atoms with Gasteiger partial charge in [-0.25, -0.2) is 13.4 Å². The number of benzene rings is 1. The summed E-state index contributed by atoms with van der Waals surface area (Å²) in [6.07, 6.45) is 4.19. The van der Waals surface area contributed by atoms with E-state index in [1.807, 2.05) is 19.0 Å². The number of likely N-dealkylation sites (N-methyl/N-ethyl adjacent to an activating group) is 1. The Morgan fingerprint density at radius 2 is 1.96 bits per heavy atom. The number of hydrogen-bond donors (Lipinski definition) is 0. The molecule has 0 bridgehead atoms. The lowest BCUT2D eigenvalue weighted by Gasteiger charge is -2.30. The number of amides is 1. The van der Waals surface area contributed by atoms with Crippen molar-refractivity contribution in [1.82, 2.24) is 9.88 Å². The van der Waals surface area contributed by atoms with E-state index in [-0.39, 0.29) is 29.1 Å². The Hall–Kier alpha value is -1.22. The molecule has 1 saturated carbocycles. The second kappa shape index (κ2) is 8.21. The fraction of sp³-hybridized carbons (Fsp3) is 0.529. The van der Waals surface area contributed by atoms with Crippen molar-refractivity contribution in [3.8, 4) is 0 Å². The van der Waals surface area contributed by atoms with E-state index in [0.29, 0.717) is 11.7 Å². The molecule has 1 heterocycles. The molecule has 0 saturated heterocycles. The molecule has 26 heavy (non-hydrogen) atoms. The normalized spacial score (nSPS) is 14.9. The van der Waals surface area contributed by atoms with Gasteiger partial charge in [-0.05, 0) is 45.1 Å². The van der Waals surface area contributed by atoms with Gasteiger partial charge in [0.2, 0.25) is 5.91 Å². The van der Waals surface area contributed by atoms with Gasteiger partial charge in [-0.2, -0.15) is 0 Å². The van der Waals surface area contributed by atoms with Gasteiger partial charge in [0.05, 0.1) is 15.1 Å². The molecule has 3 rings (SSSR count). The van der Waals surface area contributed by atoms with Gasteiger partial charge in [0.1, 0.15) is 0 Å². The van der Waals surface area contributed by atoms with Crippen molar-refractivity contribution in [2.24, 2.45) is 5.92 Å². The summed E-state index contributed by atoms with van der Waals surface area (Å²) in [5.41, 5.74) is 0.726. The average molecular weight is 418 g/mol. The summed E-state index contributed by atoms with van der Waals surface area (Å²) in [7, 11) is 0.690. The van der Waals surface area contributed by atoms with E-state index in [1.54, 1.807) is 23.1 Å². The highest BCUT2D eigenvalue weighted by molar-refractivity contribution is 7.90. The number of rotatable bonds is 6. The monoisotopic (exact) mass is 417 g/mol. The minimum atomic E-state index is -3.26. The standard InChI is InChI=1S/C17H23N3O3S2.ClH/c1-19(2)9-10-20(16(21)12-5-4-6-12)17-18-14-8-7-13(25(3,22)23)11-15(14)24-17;/h7-8,11-12H,4-6,9-10H2,1-3H3;1H. The highest BCUT2D eigenvalue weighted by atomic mass is 35.5. The average Bonchev–Trinajstić information content (AvgIpc) is 2.86. The molecule has 144 valence electrons. The third-order valence-corrected chi connectivity index (χ3v) is 6.65. The van der Waals surface area contributed by atoms with E-state index < -0.39 is 9.84 Å². The van der Waals surface area contributed by atoms with E-state index in [0.717, 1.165) is 36.0 Å². The van der Waals surface area contributed by atoms with Crippen LogP contribution in [0.4, 0.5) is 5.13 Å². The van der Waals surface area contributed by atoms with Crippen LogP contribution < -0.4 is 4.90 Å². The number of nitrogens with zero attached hydrogens (tertiary/aromatic N) is 3. The summed E-state index contributed by atoms with van der Waals surface area (Å²) in [6, 6.07) is 4.92. The number of fused-ring (bicyclic) bond motifs is 1. The summed E-state index contributed by atoms with van der Waals surface area (Å²) >= 11 is 1.38. The van der Waals surface area contributed by atoms with Crippen molar-refractivity contribution in [1.29, 1.82) is 0 Å². The number of halogens is 1. The van der Waals surface area contributed by atoms with E-state index in [1.165, 1.54) is 17.6 Å². The van der Waals surface area contributed by atoms with E-state index in [2.05, 4.69) is 4.98 Å². The molecule has 0 spiro atoms. The number of hydrogen-bond acceptors (Lipinski definition) is 6. The molecule has 1 amide bonds. The number of aromatic nitrogens is 1. The predicted octanol–water partition coefficient (Wildman–Crippen LogP) is 2.82. The van der Waals surface area contributed by atoms with Crippen molar-refractivity contribution in [3.05, 3.63) is 18.2 Å². The van der Waals surface area contributed by atoms with Crippen LogP contribution in [0.15, 0.2) is 23.1 Å². The highest BCUT2D eigenvalue weighted by Crippen LogP contribution is 2.34. The van der Waals surface area contributed by atoms with Crippen LogP contribution in [0.1, 0.15) is 19.3 Å². The third-order valence-electron chi connectivity index (χ3n) is 4.50. The first-order valence-electron chi connectivity index (χ1n) is 8.32. The zero-order chi connectivity index (χ0) is 18.2. The lowest BCUT2D eigenvalue weighted by molar-refractivity contribution is -0.124. The van der Waals surface area contributed by atoms with Gasteiger partial charge in [0.15, 0.2) is 15.0 Å². The molecule has 6 nitrogen and oxygen atoms in total. The molecule has 0 N–H and O–H groups in total. The molecule has 0 aliphatic heterocycles. The largest absolute Gasteiger partial charge is 0.308 e. The zero-order valence-corrected chi connectivity index (χ0v) is 17.6. The van der Waals surface area contributed by atoms with Gasteiger partial charge in [-0.1, -0.05) is 17.8 Å². The second-order valence-electron chi connectivity index (χ2n) is 6.82. The minimum absolute atomic E-state index is 0. The second-order valence-corrected chi connectivity index (χ2v) is 9.84. The first-order chi connectivity index (χ1) is 11.8. The molecule has 0 radical (unpaired) electrons. The number of anilines is 1. The van der Waals surface area contributed by atoms with Crippen LogP contribution in [0.2, 0.25) is 0 Å².